The average Bonchev–Trinajstić information content (AvgIpc) is 3.61. The van der Waals surface area contributed by atoms with E-state index >= 15 is 0 Å². The van der Waals surface area contributed by atoms with Gasteiger partial charge in [-0.15, -0.1) is 0 Å². The first-order valence-corrected chi connectivity index (χ1v) is 11.7. The summed E-state index contributed by atoms with van der Waals surface area (Å²) in [6.45, 7) is 3.77. The molecule has 6 nitrogen and oxygen atoms in total. The fourth-order valence-corrected chi connectivity index (χ4v) is 4.43. The van der Waals surface area contributed by atoms with Gasteiger partial charge in [0.25, 0.3) is 0 Å². The maximum atomic E-state index is 13.6. The molecule has 1 aliphatic rings. The Morgan fingerprint density at radius 2 is 1.97 bits per heavy atom. The second-order valence-corrected chi connectivity index (χ2v) is 9.03. The number of esters is 1. The molecule has 1 aliphatic carbocycles. The number of carbonyl (C=O) groups excluding carboxylic acids is 2. The van der Waals surface area contributed by atoms with Crippen LogP contribution in [0.3, 0.4) is 0 Å². The molecule has 3 aromatic rings. The molecule has 0 radical (unpaired) electrons. The van der Waals surface area contributed by atoms with Gasteiger partial charge in [0, 0.05) is 30.0 Å². The maximum absolute atomic E-state index is 13.6. The molecule has 4 rings (SSSR count). The summed E-state index contributed by atoms with van der Waals surface area (Å²) < 4.78 is 47.1. The molecule has 2 aromatic carbocycles. The van der Waals surface area contributed by atoms with E-state index < -0.39 is 23.8 Å². The second-order valence-electron chi connectivity index (χ2n) is 8.62. The van der Waals surface area contributed by atoms with Crippen LogP contribution in [0.25, 0.3) is 22.2 Å². The van der Waals surface area contributed by atoms with Crippen LogP contribution in [0, 0.1) is 5.92 Å². The number of alkyl halides is 3. The van der Waals surface area contributed by atoms with E-state index in [0.717, 1.165) is 25.0 Å². The lowest BCUT2D eigenvalue weighted by molar-refractivity contribution is -0.144. The van der Waals surface area contributed by atoms with Gasteiger partial charge in [0.2, 0.25) is 5.91 Å². The Labute approximate surface area is 205 Å². The summed E-state index contributed by atoms with van der Waals surface area (Å²) in [5.41, 5.74) is 0.767. The molecule has 1 unspecified atom stereocenters. The van der Waals surface area contributed by atoms with Crippen molar-refractivity contribution >= 4 is 34.4 Å². The predicted molar refractivity (Wildman–Crippen MR) is 126 cm³/mol. The third kappa shape index (κ3) is 4.87. The molecule has 35 heavy (non-hydrogen) atoms. The summed E-state index contributed by atoms with van der Waals surface area (Å²) in [6, 6.07) is 7.70. The fourth-order valence-electron chi connectivity index (χ4n) is 4.18. The Balaban J connectivity index is 1.91. The van der Waals surface area contributed by atoms with Gasteiger partial charge in [0.1, 0.15) is 11.7 Å². The van der Waals surface area contributed by atoms with Gasteiger partial charge in [-0.3, -0.25) is 9.48 Å². The van der Waals surface area contributed by atoms with Crippen LogP contribution in [0.5, 0.6) is 0 Å². The number of halogens is 4. The van der Waals surface area contributed by atoms with Crippen LogP contribution < -0.4 is 0 Å². The van der Waals surface area contributed by atoms with Crippen LogP contribution in [-0.2, 0) is 27.0 Å². The number of hydrogen-bond acceptors (Lipinski definition) is 4. The lowest BCUT2D eigenvalue weighted by atomic mass is 9.98. The van der Waals surface area contributed by atoms with Gasteiger partial charge in [-0.2, -0.15) is 18.3 Å². The first kappa shape index (κ1) is 25.0. The summed E-state index contributed by atoms with van der Waals surface area (Å²) in [5.74, 6) is -0.663. The number of aromatic nitrogens is 2. The molecule has 0 bridgehead atoms. The third-order valence-electron chi connectivity index (χ3n) is 6.26. The number of carbonyl (C=O) groups is 2. The smallest absolute Gasteiger partial charge is 0.416 e. The zero-order chi connectivity index (χ0) is 25.5. The predicted octanol–water partition coefficient (Wildman–Crippen LogP) is 5.87. The Morgan fingerprint density at radius 3 is 2.57 bits per heavy atom. The fraction of sp³-hybridized carbons (Fsp3) is 0.400. The van der Waals surface area contributed by atoms with Crippen molar-refractivity contribution in [1.82, 2.24) is 14.7 Å². The highest BCUT2D eigenvalue weighted by atomic mass is 35.5. The highest BCUT2D eigenvalue weighted by Gasteiger charge is 2.35. The van der Waals surface area contributed by atoms with Crippen molar-refractivity contribution in [2.75, 3.05) is 13.7 Å². The molecule has 1 heterocycles. The molecule has 10 heteroatoms. The summed E-state index contributed by atoms with van der Waals surface area (Å²) in [4.78, 5) is 26.6. The molecule has 1 aromatic heterocycles. The number of fused-ring (bicyclic) bond motifs is 1. The van der Waals surface area contributed by atoms with Crippen molar-refractivity contribution < 1.29 is 27.5 Å². The summed E-state index contributed by atoms with van der Waals surface area (Å²) in [5, 5.41) is 5.46. The van der Waals surface area contributed by atoms with Crippen molar-refractivity contribution in [2.45, 2.75) is 45.5 Å². The van der Waals surface area contributed by atoms with Gasteiger partial charge in [-0.1, -0.05) is 23.7 Å². The summed E-state index contributed by atoms with van der Waals surface area (Å²) >= 11 is 6.52. The topological polar surface area (TPSA) is 64.4 Å². The Hall–Kier alpha value is -3.07. The molecule has 0 saturated heterocycles. The SMILES string of the molecule is CCN(Cc1cc(C(F)(F)F)ccc1-c1nn(C(C)C(=O)OC)c2cccc(Cl)c12)C(=O)C1CC1. The number of hydrogen-bond donors (Lipinski definition) is 0. The highest BCUT2D eigenvalue weighted by molar-refractivity contribution is 6.36. The number of nitrogens with zero attached hydrogens (tertiary/aromatic N) is 3. The molecule has 1 fully saturated rings. The lowest BCUT2D eigenvalue weighted by Gasteiger charge is -2.23. The number of amides is 1. The van der Waals surface area contributed by atoms with Gasteiger partial charge >= 0.3 is 12.1 Å². The van der Waals surface area contributed by atoms with E-state index in [1.54, 1.807) is 36.9 Å². The zero-order valence-corrected chi connectivity index (χ0v) is 20.3. The zero-order valence-electron chi connectivity index (χ0n) is 19.5. The van der Waals surface area contributed by atoms with Gasteiger partial charge in [-0.25, -0.2) is 4.79 Å². The van der Waals surface area contributed by atoms with Gasteiger partial charge in [-0.05, 0) is 56.5 Å². The van der Waals surface area contributed by atoms with Gasteiger partial charge in [0.05, 0.1) is 23.2 Å². The minimum absolute atomic E-state index is 0.00352. The van der Waals surface area contributed by atoms with E-state index in [1.807, 2.05) is 0 Å². The van der Waals surface area contributed by atoms with Crippen LogP contribution in [-0.4, -0.2) is 40.2 Å². The Morgan fingerprint density at radius 1 is 1.26 bits per heavy atom. The Kier molecular flexibility index (Phi) is 6.81. The largest absolute Gasteiger partial charge is 0.467 e. The van der Waals surface area contributed by atoms with Crippen LogP contribution in [0.2, 0.25) is 5.02 Å². The quantitative estimate of drug-likeness (QED) is 0.375. The third-order valence-corrected chi connectivity index (χ3v) is 6.58. The van der Waals surface area contributed by atoms with Crippen LogP contribution in [0.15, 0.2) is 36.4 Å². The molecular weight excluding hydrogens is 483 g/mol. The average molecular weight is 508 g/mol. The molecule has 1 atom stereocenters. The molecule has 186 valence electrons. The van der Waals surface area contributed by atoms with Crippen LogP contribution in [0.1, 0.15) is 43.9 Å². The van der Waals surface area contributed by atoms with Crippen molar-refractivity contribution in [1.29, 1.82) is 0 Å². The molecule has 1 amide bonds. The molecule has 0 spiro atoms. The number of ether oxygens (including phenoxy) is 1. The van der Waals surface area contributed by atoms with Crippen LogP contribution >= 0.6 is 11.6 Å². The van der Waals surface area contributed by atoms with E-state index in [-0.39, 0.29) is 18.4 Å². The maximum Gasteiger partial charge on any atom is 0.416 e. The molecule has 1 saturated carbocycles. The highest BCUT2D eigenvalue weighted by Crippen LogP contribution is 2.39. The molecular formula is C25H25ClF3N3O3. The van der Waals surface area contributed by atoms with E-state index in [0.29, 0.717) is 39.3 Å². The first-order chi connectivity index (χ1) is 16.6. The van der Waals surface area contributed by atoms with Crippen molar-refractivity contribution in [3.8, 4) is 11.3 Å². The standard InChI is InChI=1S/C25H25ClF3N3O3/c1-4-31(23(33)15-8-9-15)13-16-12-17(25(27,28)29)10-11-18(16)22-21-19(26)6-5-7-20(21)32(30-22)14(2)24(34)35-3/h5-7,10-12,14-15H,4,8-9,13H2,1-3H3. The van der Waals surface area contributed by atoms with Crippen molar-refractivity contribution in [3.05, 3.63) is 52.5 Å². The Bertz CT molecular complexity index is 1280. The summed E-state index contributed by atoms with van der Waals surface area (Å²) in [6.07, 6.45) is -2.97. The second kappa shape index (κ2) is 9.53. The normalized spacial score (nSPS) is 14.7. The molecule has 0 aliphatic heterocycles. The van der Waals surface area contributed by atoms with Gasteiger partial charge < -0.3 is 9.64 Å². The van der Waals surface area contributed by atoms with E-state index in [1.165, 1.54) is 17.9 Å². The van der Waals surface area contributed by atoms with E-state index in [9.17, 15) is 22.8 Å². The van der Waals surface area contributed by atoms with E-state index in [4.69, 9.17) is 16.3 Å². The first-order valence-electron chi connectivity index (χ1n) is 11.3. The number of methoxy groups -OCH3 is 1. The number of benzene rings is 2. The summed E-state index contributed by atoms with van der Waals surface area (Å²) in [7, 11) is 1.27. The van der Waals surface area contributed by atoms with Gasteiger partial charge in [0.15, 0.2) is 0 Å². The minimum Gasteiger partial charge on any atom is -0.467 e. The van der Waals surface area contributed by atoms with Crippen molar-refractivity contribution in [2.24, 2.45) is 5.92 Å². The van der Waals surface area contributed by atoms with Crippen molar-refractivity contribution in [3.63, 3.8) is 0 Å². The van der Waals surface area contributed by atoms with E-state index in [2.05, 4.69) is 5.10 Å². The van der Waals surface area contributed by atoms with Crippen LogP contribution in [0.4, 0.5) is 13.2 Å². The minimum atomic E-state index is -4.55. The lowest BCUT2D eigenvalue weighted by Crippen LogP contribution is -2.31. The molecule has 0 N–H and O–H groups in total. The number of rotatable bonds is 7. The monoisotopic (exact) mass is 507 g/mol.